The summed E-state index contributed by atoms with van der Waals surface area (Å²) in [5, 5.41) is 2.61. The molecule has 0 spiro atoms. The number of hydrogen-bond donors (Lipinski definition) is 1. The van der Waals surface area contributed by atoms with Crippen LogP contribution in [0.4, 0.5) is 8.78 Å². The predicted octanol–water partition coefficient (Wildman–Crippen LogP) is 3.49. The SMILES string of the molecule is O=C(NCC1(CCl)CCCC1)c1c(F)cccc1F. The van der Waals surface area contributed by atoms with E-state index in [1.807, 2.05) is 0 Å². The minimum Gasteiger partial charge on any atom is -0.351 e. The molecule has 2 rings (SSSR count). The van der Waals surface area contributed by atoms with Crippen LogP contribution in [0.2, 0.25) is 0 Å². The number of carbonyl (C=O) groups is 1. The summed E-state index contributed by atoms with van der Waals surface area (Å²) in [6.45, 7) is 0.364. The Morgan fingerprint density at radius 3 is 2.37 bits per heavy atom. The minimum atomic E-state index is -0.844. The smallest absolute Gasteiger partial charge is 0.257 e. The van der Waals surface area contributed by atoms with Crippen molar-refractivity contribution in [2.24, 2.45) is 5.41 Å². The summed E-state index contributed by atoms with van der Waals surface area (Å²) in [6.07, 6.45) is 4.04. The van der Waals surface area contributed by atoms with Crippen molar-refractivity contribution in [1.82, 2.24) is 5.32 Å². The quantitative estimate of drug-likeness (QED) is 0.844. The molecule has 19 heavy (non-hydrogen) atoms. The molecule has 1 saturated carbocycles. The summed E-state index contributed by atoms with van der Waals surface area (Å²) < 4.78 is 26.9. The largest absolute Gasteiger partial charge is 0.351 e. The van der Waals surface area contributed by atoms with Gasteiger partial charge in [-0.2, -0.15) is 0 Å². The van der Waals surface area contributed by atoms with Crippen molar-refractivity contribution >= 4 is 17.5 Å². The van der Waals surface area contributed by atoms with Crippen LogP contribution in [0.15, 0.2) is 18.2 Å². The third-order valence-electron chi connectivity index (χ3n) is 3.76. The minimum absolute atomic E-state index is 0.126. The Morgan fingerprint density at radius 1 is 1.26 bits per heavy atom. The topological polar surface area (TPSA) is 29.1 Å². The monoisotopic (exact) mass is 287 g/mol. The zero-order valence-electron chi connectivity index (χ0n) is 10.5. The Labute approximate surface area is 116 Å². The van der Waals surface area contributed by atoms with Gasteiger partial charge in [0.2, 0.25) is 0 Å². The maximum atomic E-state index is 13.5. The molecule has 1 amide bonds. The maximum Gasteiger partial charge on any atom is 0.257 e. The standard InChI is InChI=1S/C14H16ClF2NO/c15-8-14(6-1-2-7-14)9-18-13(19)12-10(16)4-3-5-11(12)17/h3-5H,1-2,6-9H2,(H,18,19). The van der Waals surface area contributed by atoms with Gasteiger partial charge in [-0.15, -0.1) is 11.6 Å². The third kappa shape index (κ3) is 3.06. The molecule has 1 fully saturated rings. The van der Waals surface area contributed by atoms with Gasteiger partial charge in [-0.1, -0.05) is 18.9 Å². The molecule has 1 N–H and O–H groups in total. The van der Waals surface area contributed by atoms with Crippen LogP contribution in [-0.4, -0.2) is 18.3 Å². The lowest BCUT2D eigenvalue weighted by atomic mass is 9.88. The van der Waals surface area contributed by atoms with Crippen molar-refractivity contribution in [2.45, 2.75) is 25.7 Å². The van der Waals surface area contributed by atoms with Crippen LogP contribution in [0.3, 0.4) is 0 Å². The highest BCUT2D eigenvalue weighted by molar-refractivity contribution is 6.18. The fraction of sp³-hybridized carbons (Fsp3) is 0.500. The molecule has 0 bridgehead atoms. The first-order valence-electron chi connectivity index (χ1n) is 6.36. The Kier molecular flexibility index (Phi) is 4.40. The lowest BCUT2D eigenvalue weighted by Gasteiger charge is -2.26. The molecule has 0 aromatic heterocycles. The highest BCUT2D eigenvalue weighted by Crippen LogP contribution is 2.38. The third-order valence-corrected chi connectivity index (χ3v) is 4.33. The Bertz CT molecular complexity index is 452. The number of carbonyl (C=O) groups excluding carboxylic acids is 1. The van der Waals surface area contributed by atoms with E-state index >= 15 is 0 Å². The Hall–Kier alpha value is -1.16. The molecule has 0 radical (unpaired) electrons. The van der Waals surface area contributed by atoms with Crippen LogP contribution < -0.4 is 5.32 Å². The van der Waals surface area contributed by atoms with E-state index in [9.17, 15) is 13.6 Å². The second kappa shape index (κ2) is 5.87. The number of hydrogen-bond acceptors (Lipinski definition) is 1. The van der Waals surface area contributed by atoms with Crippen LogP contribution in [0.25, 0.3) is 0 Å². The van der Waals surface area contributed by atoms with Crippen LogP contribution in [0, 0.1) is 17.0 Å². The van der Waals surface area contributed by atoms with E-state index in [0.29, 0.717) is 12.4 Å². The molecule has 1 aromatic rings. The van der Waals surface area contributed by atoms with E-state index in [4.69, 9.17) is 11.6 Å². The van der Waals surface area contributed by atoms with Crippen molar-refractivity contribution in [2.75, 3.05) is 12.4 Å². The number of alkyl halides is 1. The van der Waals surface area contributed by atoms with Gasteiger partial charge < -0.3 is 5.32 Å². The zero-order valence-corrected chi connectivity index (χ0v) is 11.3. The first kappa shape index (κ1) is 14.3. The Morgan fingerprint density at radius 2 is 1.84 bits per heavy atom. The van der Waals surface area contributed by atoms with Crippen molar-refractivity contribution in [1.29, 1.82) is 0 Å². The molecule has 104 valence electrons. The number of amides is 1. The van der Waals surface area contributed by atoms with E-state index < -0.39 is 23.1 Å². The summed E-state index contributed by atoms with van der Waals surface area (Å²) in [5.41, 5.74) is -0.649. The van der Waals surface area contributed by atoms with E-state index in [0.717, 1.165) is 37.8 Å². The second-order valence-electron chi connectivity index (χ2n) is 5.12. The number of rotatable bonds is 4. The molecule has 1 aromatic carbocycles. The van der Waals surface area contributed by atoms with Crippen molar-refractivity contribution < 1.29 is 13.6 Å². The number of benzene rings is 1. The van der Waals surface area contributed by atoms with Gasteiger partial charge in [0.1, 0.15) is 17.2 Å². The molecule has 0 aliphatic heterocycles. The number of nitrogens with one attached hydrogen (secondary N) is 1. The number of halogens is 3. The molecular weight excluding hydrogens is 272 g/mol. The highest BCUT2D eigenvalue weighted by Gasteiger charge is 2.33. The van der Waals surface area contributed by atoms with Gasteiger partial charge >= 0.3 is 0 Å². The van der Waals surface area contributed by atoms with Gasteiger partial charge in [-0.25, -0.2) is 8.78 Å². The molecule has 0 heterocycles. The van der Waals surface area contributed by atoms with Crippen LogP contribution in [0.5, 0.6) is 0 Å². The Balaban J connectivity index is 2.05. The molecule has 0 atom stereocenters. The van der Waals surface area contributed by atoms with Crippen LogP contribution in [-0.2, 0) is 0 Å². The normalized spacial score (nSPS) is 17.4. The van der Waals surface area contributed by atoms with E-state index in [2.05, 4.69) is 5.32 Å². The molecule has 0 unspecified atom stereocenters. The lowest BCUT2D eigenvalue weighted by Crippen LogP contribution is -2.37. The molecule has 0 saturated heterocycles. The maximum absolute atomic E-state index is 13.5. The van der Waals surface area contributed by atoms with Crippen molar-refractivity contribution in [3.05, 3.63) is 35.4 Å². The van der Waals surface area contributed by atoms with Gasteiger partial charge in [0.05, 0.1) is 0 Å². The molecule has 2 nitrogen and oxygen atoms in total. The molecule has 1 aliphatic rings. The molecule has 5 heteroatoms. The summed E-state index contributed by atoms with van der Waals surface area (Å²) in [7, 11) is 0. The zero-order chi connectivity index (χ0) is 13.9. The summed E-state index contributed by atoms with van der Waals surface area (Å²) in [4.78, 5) is 11.9. The fourth-order valence-corrected chi connectivity index (χ4v) is 2.92. The summed E-state index contributed by atoms with van der Waals surface area (Å²) in [5.74, 6) is -1.95. The van der Waals surface area contributed by atoms with E-state index in [1.165, 1.54) is 6.07 Å². The average Bonchev–Trinajstić information content (AvgIpc) is 2.86. The highest BCUT2D eigenvalue weighted by atomic mass is 35.5. The van der Waals surface area contributed by atoms with Gasteiger partial charge in [-0.3, -0.25) is 4.79 Å². The van der Waals surface area contributed by atoms with Gasteiger partial charge in [0.15, 0.2) is 0 Å². The lowest BCUT2D eigenvalue weighted by molar-refractivity contribution is 0.0926. The van der Waals surface area contributed by atoms with Crippen LogP contribution >= 0.6 is 11.6 Å². The predicted molar refractivity (Wildman–Crippen MR) is 70.3 cm³/mol. The second-order valence-corrected chi connectivity index (χ2v) is 5.39. The first-order valence-corrected chi connectivity index (χ1v) is 6.90. The fourth-order valence-electron chi connectivity index (χ4n) is 2.55. The first-order chi connectivity index (χ1) is 9.08. The average molecular weight is 288 g/mol. The summed E-state index contributed by atoms with van der Waals surface area (Å²) >= 11 is 5.96. The van der Waals surface area contributed by atoms with Crippen molar-refractivity contribution in [3.8, 4) is 0 Å². The molecular formula is C14H16ClF2NO. The molecule has 1 aliphatic carbocycles. The van der Waals surface area contributed by atoms with Gasteiger partial charge in [0.25, 0.3) is 5.91 Å². The van der Waals surface area contributed by atoms with Crippen LogP contribution in [0.1, 0.15) is 36.0 Å². The summed E-state index contributed by atoms with van der Waals surface area (Å²) in [6, 6.07) is 3.38. The van der Waals surface area contributed by atoms with E-state index in [1.54, 1.807) is 0 Å². The van der Waals surface area contributed by atoms with Gasteiger partial charge in [0, 0.05) is 17.8 Å². The van der Waals surface area contributed by atoms with Crippen molar-refractivity contribution in [3.63, 3.8) is 0 Å². The van der Waals surface area contributed by atoms with E-state index in [-0.39, 0.29) is 5.41 Å². The van der Waals surface area contributed by atoms with Gasteiger partial charge in [-0.05, 0) is 25.0 Å².